The fourth-order valence-corrected chi connectivity index (χ4v) is 2.41. The van der Waals surface area contributed by atoms with Crippen LogP contribution < -0.4 is 0 Å². The fourth-order valence-electron chi connectivity index (χ4n) is 1.58. The Bertz CT molecular complexity index is 727. The van der Waals surface area contributed by atoms with E-state index in [-0.39, 0.29) is 5.75 Å². The van der Waals surface area contributed by atoms with E-state index in [4.69, 9.17) is 0 Å². The van der Waals surface area contributed by atoms with Crippen molar-refractivity contribution in [1.29, 1.82) is 0 Å². The molecule has 0 spiro atoms. The summed E-state index contributed by atoms with van der Waals surface area (Å²) in [5.41, 5.74) is 1.78. The van der Waals surface area contributed by atoms with Gasteiger partial charge < -0.3 is 5.11 Å². The molecule has 0 atom stereocenters. The summed E-state index contributed by atoms with van der Waals surface area (Å²) in [5, 5.41) is 30.1. The minimum absolute atomic E-state index is 0.195. The van der Waals surface area contributed by atoms with E-state index in [1.165, 1.54) is 11.8 Å². The van der Waals surface area contributed by atoms with Crippen molar-refractivity contribution in [3.8, 4) is 11.4 Å². The Morgan fingerprint density at radius 2 is 1.95 bits per heavy atom. The Hall–Kier alpha value is -2.48. The summed E-state index contributed by atoms with van der Waals surface area (Å²) < 4.78 is 1.58. The number of nitrogens with zero attached hydrogens (tertiary/aromatic N) is 6. The standard InChI is InChI=1S/C12H10N6OS/c1-8-6-11(14-13-7-8)20-12-15-16-17-18(12)9-2-4-10(19)5-3-9/h2-7,19H,1H3. The van der Waals surface area contributed by atoms with Crippen LogP contribution in [-0.2, 0) is 0 Å². The van der Waals surface area contributed by atoms with Crippen molar-refractivity contribution in [2.75, 3.05) is 0 Å². The topological polar surface area (TPSA) is 89.6 Å². The predicted molar refractivity (Wildman–Crippen MR) is 71.7 cm³/mol. The van der Waals surface area contributed by atoms with Crippen LogP contribution in [0.5, 0.6) is 5.75 Å². The Balaban J connectivity index is 1.92. The summed E-state index contributed by atoms with van der Waals surface area (Å²) >= 11 is 1.32. The number of tetrazole rings is 1. The van der Waals surface area contributed by atoms with Crippen LogP contribution >= 0.6 is 11.8 Å². The maximum atomic E-state index is 9.30. The summed E-state index contributed by atoms with van der Waals surface area (Å²) in [6.45, 7) is 1.95. The van der Waals surface area contributed by atoms with Crippen LogP contribution in [0.2, 0.25) is 0 Å². The van der Waals surface area contributed by atoms with Gasteiger partial charge in [0.2, 0.25) is 5.16 Å². The van der Waals surface area contributed by atoms with Gasteiger partial charge in [-0.25, -0.2) is 0 Å². The number of rotatable bonds is 3. The van der Waals surface area contributed by atoms with E-state index in [0.29, 0.717) is 5.16 Å². The van der Waals surface area contributed by atoms with E-state index in [2.05, 4.69) is 25.7 Å². The molecule has 1 N–H and O–H groups in total. The van der Waals surface area contributed by atoms with Crippen molar-refractivity contribution in [1.82, 2.24) is 30.4 Å². The van der Waals surface area contributed by atoms with Gasteiger partial charge in [0.05, 0.1) is 11.9 Å². The normalized spacial score (nSPS) is 10.7. The van der Waals surface area contributed by atoms with Crippen molar-refractivity contribution < 1.29 is 5.11 Å². The lowest BCUT2D eigenvalue weighted by molar-refractivity contribution is 0.475. The quantitative estimate of drug-likeness (QED) is 0.782. The average molecular weight is 286 g/mol. The van der Waals surface area contributed by atoms with Crippen molar-refractivity contribution in [3.63, 3.8) is 0 Å². The van der Waals surface area contributed by atoms with E-state index in [1.54, 1.807) is 35.1 Å². The lowest BCUT2D eigenvalue weighted by atomic mass is 10.3. The molecule has 0 bridgehead atoms. The lowest BCUT2D eigenvalue weighted by Crippen LogP contribution is -1.99. The smallest absolute Gasteiger partial charge is 0.220 e. The van der Waals surface area contributed by atoms with Crippen molar-refractivity contribution in [3.05, 3.63) is 42.1 Å². The zero-order chi connectivity index (χ0) is 13.9. The van der Waals surface area contributed by atoms with Gasteiger partial charge >= 0.3 is 0 Å². The minimum Gasteiger partial charge on any atom is -0.508 e. The Kier molecular flexibility index (Phi) is 3.30. The van der Waals surface area contributed by atoms with Gasteiger partial charge in [-0.3, -0.25) is 0 Å². The molecule has 0 amide bonds. The maximum absolute atomic E-state index is 9.30. The van der Waals surface area contributed by atoms with Crippen LogP contribution in [-0.4, -0.2) is 35.5 Å². The third-order valence-electron chi connectivity index (χ3n) is 2.50. The molecule has 100 valence electrons. The molecule has 3 rings (SSSR count). The average Bonchev–Trinajstić information content (AvgIpc) is 2.88. The van der Waals surface area contributed by atoms with Gasteiger partial charge in [-0.1, -0.05) is 0 Å². The predicted octanol–water partition coefficient (Wildman–Crippen LogP) is 1.62. The highest BCUT2D eigenvalue weighted by atomic mass is 32.2. The third-order valence-corrected chi connectivity index (χ3v) is 3.35. The lowest BCUT2D eigenvalue weighted by Gasteiger charge is -2.03. The first-order valence-electron chi connectivity index (χ1n) is 5.77. The number of aromatic nitrogens is 6. The molecule has 0 aliphatic carbocycles. The third kappa shape index (κ3) is 2.59. The van der Waals surface area contributed by atoms with Gasteiger partial charge in [0.15, 0.2) is 0 Å². The zero-order valence-electron chi connectivity index (χ0n) is 10.5. The molecule has 0 fully saturated rings. The molecular weight excluding hydrogens is 276 g/mol. The van der Waals surface area contributed by atoms with Crippen LogP contribution in [0.3, 0.4) is 0 Å². The molecule has 20 heavy (non-hydrogen) atoms. The summed E-state index contributed by atoms with van der Waals surface area (Å²) in [6, 6.07) is 8.54. The number of hydrogen-bond donors (Lipinski definition) is 1. The molecule has 8 heteroatoms. The molecule has 0 radical (unpaired) electrons. The molecule has 0 aliphatic heterocycles. The second-order valence-electron chi connectivity index (χ2n) is 4.06. The monoisotopic (exact) mass is 286 g/mol. The highest BCUT2D eigenvalue weighted by Crippen LogP contribution is 2.25. The summed E-state index contributed by atoms with van der Waals surface area (Å²) in [6.07, 6.45) is 1.69. The number of hydrogen-bond acceptors (Lipinski definition) is 7. The van der Waals surface area contributed by atoms with Crippen LogP contribution in [0.25, 0.3) is 5.69 Å². The molecule has 0 saturated carbocycles. The van der Waals surface area contributed by atoms with Gasteiger partial charge in [0, 0.05) is 0 Å². The SMILES string of the molecule is Cc1cnnc(Sc2nnnn2-c2ccc(O)cc2)c1. The van der Waals surface area contributed by atoms with Crippen LogP contribution in [0.4, 0.5) is 0 Å². The highest BCUT2D eigenvalue weighted by Gasteiger charge is 2.11. The van der Waals surface area contributed by atoms with Crippen LogP contribution in [0.15, 0.2) is 46.7 Å². The molecule has 1 aromatic carbocycles. The largest absolute Gasteiger partial charge is 0.508 e. The highest BCUT2D eigenvalue weighted by molar-refractivity contribution is 7.99. The molecule has 3 aromatic rings. The van der Waals surface area contributed by atoms with E-state index in [0.717, 1.165) is 16.3 Å². The van der Waals surface area contributed by atoms with Gasteiger partial charge in [0.25, 0.3) is 0 Å². The zero-order valence-corrected chi connectivity index (χ0v) is 11.3. The first kappa shape index (κ1) is 12.5. The van der Waals surface area contributed by atoms with Crippen molar-refractivity contribution in [2.24, 2.45) is 0 Å². The summed E-state index contributed by atoms with van der Waals surface area (Å²) in [5.74, 6) is 0.195. The summed E-state index contributed by atoms with van der Waals surface area (Å²) in [7, 11) is 0. The molecule has 7 nitrogen and oxygen atoms in total. The van der Waals surface area contributed by atoms with Crippen LogP contribution in [0.1, 0.15) is 5.56 Å². The van der Waals surface area contributed by atoms with Gasteiger partial charge in [-0.15, -0.1) is 10.2 Å². The number of benzene rings is 1. The van der Waals surface area contributed by atoms with Crippen LogP contribution in [0, 0.1) is 6.92 Å². The fraction of sp³-hybridized carbons (Fsp3) is 0.0833. The van der Waals surface area contributed by atoms with E-state index < -0.39 is 0 Å². The van der Waals surface area contributed by atoms with Gasteiger partial charge in [-0.2, -0.15) is 9.78 Å². The Labute approximate surface area is 118 Å². The van der Waals surface area contributed by atoms with Crippen molar-refractivity contribution >= 4 is 11.8 Å². The van der Waals surface area contributed by atoms with Gasteiger partial charge in [0.1, 0.15) is 10.8 Å². The second kappa shape index (κ2) is 5.25. The minimum atomic E-state index is 0.195. The van der Waals surface area contributed by atoms with E-state index >= 15 is 0 Å². The van der Waals surface area contributed by atoms with E-state index in [9.17, 15) is 5.11 Å². The molecule has 2 heterocycles. The first-order chi connectivity index (χ1) is 9.72. The van der Waals surface area contributed by atoms with Crippen molar-refractivity contribution in [2.45, 2.75) is 17.1 Å². The Morgan fingerprint density at radius 1 is 1.15 bits per heavy atom. The first-order valence-corrected chi connectivity index (χ1v) is 6.59. The number of phenolic OH excluding ortho intramolecular Hbond substituents is 1. The second-order valence-corrected chi connectivity index (χ2v) is 5.05. The molecular formula is C12H10N6OS. The van der Waals surface area contributed by atoms with E-state index in [1.807, 2.05) is 13.0 Å². The van der Waals surface area contributed by atoms with Gasteiger partial charge in [-0.05, 0) is 65.0 Å². The maximum Gasteiger partial charge on any atom is 0.220 e. The summed E-state index contributed by atoms with van der Waals surface area (Å²) in [4.78, 5) is 0. The molecule has 0 aliphatic rings. The number of phenols is 1. The molecule has 0 unspecified atom stereocenters. The molecule has 0 saturated heterocycles. The number of aromatic hydroxyl groups is 1. The number of aryl methyl sites for hydroxylation is 1. The Morgan fingerprint density at radius 3 is 2.70 bits per heavy atom. The molecule has 2 aromatic heterocycles.